The van der Waals surface area contributed by atoms with Gasteiger partial charge < -0.3 is 14.1 Å². The zero-order chi connectivity index (χ0) is 19.7. The van der Waals surface area contributed by atoms with Gasteiger partial charge in [-0.15, -0.1) is 10.2 Å². The Morgan fingerprint density at radius 2 is 1.96 bits per heavy atom. The first kappa shape index (κ1) is 17.9. The van der Waals surface area contributed by atoms with E-state index in [4.69, 9.17) is 9.15 Å². The van der Waals surface area contributed by atoms with Crippen molar-refractivity contribution in [1.29, 1.82) is 0 Å². The maximum absolute atomic E-state index is 12.8. The second-order valence-electron chi connectivity index (χ2n) is 6.66. The highest BCUT2D eigenvalue weighted by molar-refractivity contribution is 6.01. The van der Waals surface area contributed by atoms with Crippen LogP contribution in [0.1, 0.15) is 29.8 Å². The monoisotopic (exact) mass is 377 g/mol. The number of rotatable bonds is 5. The maximum Gasteiger partial charge on any atom is 0.247 e. The van der Waals surface area contributed by atoms with Gasteiger partial charge in [0.2, 0.25) is 24.0 Å². The molecule has 1 aromatic heterocycles. The zero-order valence-corrected chi connectivity index (χ0v) is 15.6. The Kier molecular flexibility index (Phi) is 4.65. The van der Waals surface area contributed by atoms with Gasteiger partial charge in [-0.2, -0.15) is 0 Å². The van der Waals surface area contributed by atoms with Crippen molar-refractivity contribution in [2.45, 2.75) is 26.4 Å². The van der Waals surface area contributed by atoms with E-state index in [2.05, 4.69) is 10.2 Å². The van der Waals surface area contributed by atoms with Gasteiger partial charge in [-0.3, -0.25) is 9.59 Å². The molecule has 0 radical (unpaired) electrons. The van der Waals surface area contributed by atoms with Gasteiger partial charge >= 0.3 is 0 Å². The Balaban J connectivity index is 1.46. The van der Waals surface area contributed by atoms with Crippen LogP contribution >= 0.6 is 0 Å². The molecule has 7 heteroatoms. The summed E-state index contributed by atoms with van der Waals surface area (Å²) in [5.41, 5.74) is 3.25. The van der Waals surface area contributed by atoms with E-state index in [-0.39, 0.29) is 11.7 Å². The van der Waals surface area contributed by atoms with E-state index in [1.165, 1.54) is 6.39 Å². The van der Waals surface area contributed by atoms with Gasteiger partial charge in [0, 0.05) is 30.3 Å². The van der Waals surface area contributed by atoms with Crippen LogP contribution in [0.5, 0.6) is 5.75 Å². The molecular weight excluding hydrogens is 358 g/mol. The summed E-state index contributed by atoms with van der Waals surface area (Å²) in [6, 6.07) is 12.6. The van der Waals surface area contributed by atoms with Crippen molar-refractivity contribution in [3.05, 3.63) is 60.0 Å². The molecule has 1 unspecified atom stereocenters. The molecular formula is C21H19N3O4. The topological polar surface area (TPSA) is 85.5 Å². The number of fused-ring (bicyclic) bond motifs is 1. The summed E-state index contributed by atoms with van der Waals surface area (Å²) in [6.45, 7) is 3.93. The van der Waals surface area contributed by atoms with E-state index in [1.807, 2.05) is 12.1 Å². The third-order valence-corrected chi connectivity index (χ3v) is 4.78. The minimum Gasteiger partial charge on any atom is -0.483 e. The van der Waals surface area contributed by atoms with E-state index >= 15 is 0 Å². The normalized spacial score (nSPS) is 13.9. The van der Waals surface area contributed by atoms with Crippen LogP contribution in [0.3, 0.4) is 0 Å². The first-order valence-corrected chi connectivity index (χ1v) is 9.01. The van der Waals surface area contributed by atoms with Crippen molar-refractivity contribution in [3.8, 4) is 17.2 Å². The van der Waals surface area contributed by atoms with Crippen molar-refractivity contribution in [1.82, 2.24) is 10.2 Å². The second-order valence-corrected chi connectivity index (χ2v) is 6.66. The molecule has 0 fully saturated rings. The summed E-state index contributed by atoms with van der Waals surface area (Å²) < 4.78 is 11.0. The van der Waals surface area contributed by atoms with Crippen molar-refractivity contribution in [2.75, 3.05) is 11.4 Å². The lowest BCUT2D eigenvalue weighted by Crippen LogP contribution is -2.26. The molecule has 0 saturated carbocycles. The summed E-state index contributed by atoms with van der Waals surface area (Å²) in [7, 11) is 0. The molecule has 0 spiro atoms. The van der Waals surface area contributed by atoms with Crippen LogP contribution in [-0.4, -0.2) is 34.5 Å². The molecule has 28 heavy (non-hydrogen) atoms. The number of carbonyl (C=O) groups is 2. The predicted molar refractivity (Wildman–Crippen MR) is 102 cm³/mol. The highest BCUT2D eigenvalue weighted by Gasteiger charge is 2.25. The van der Waals surface area contributed by atoms with Crippen LogP contribution in [0.25, 0.3) is 11.5 Å². The quantitative estimate of drug-likeness (QED) is 0.634. The number of anilines is 1. The van der Waals surface area contributed by atoms with Gasteiger partial charge in [0.15, 0.2) is 6.10 Å². The molecule has 0 bridgehead atoms. The third kappa shape index (κ3) is 3.38. The molecule has 142 valence electrons. The van der Waals surface area contributed by atoms with Gasteiger partial charge in [-0.25, -0.2) is 0 Å². The number of carbonyl (C=O) groups excluding carboxylic acids is 2. The minimum atomic E-state index is -0.641. The van der Waals surface area contributed by atoms with Crippen LogP contribution in [0.2, 0.25) is 0 Å². The fourth-order valence-corrected chi connectivity index (χ4v) is 3.35. The zero-order valence-electron chi connectivity index (χ0n) is 15.6. The first-order chi connectivity index (χ1) is 13.5. The number of ether oxygens (including phenoxy) is 1. The molecule has 1 atom stereocenters. The number of hydrogen-bond donors (Lipinski definition) is 0. The van der Waals surface area contributed by atoms with E-state index in [1.54, 1.807) is 49.1 Å². The molecule has 0 N–H and O–H groups in total. The van der Waals surface area contributed by atoms with Gasteiger partial charge in [0.1, 0.15) is 5.75 Å². The predicted octanol–water partition coefficient (Wildman–Crippen LogP) is 3.30. The molecule has 7 nitrogen and oxygen atoms in total. The fraction of sp³-hybridized carbons (Fsp3) is 0.238. The minimum absolute atomic E-state index is 0.0125. The molecule has 0 saturated heterocycles. The van der Waals surface area contributed by atoms with Crippen LogP contribution < -0.4 is 9.64 Å². The summed E-state index contributed by atoms with van der Waals surface area (Å²) in [5, 5.41) is 7.50. The number of nitrogens with zero attached hydrogens (tertiary/aromatic N) is 3. The number of amides is 1. The van der Waals surface area contributed by atoms with Crippen molar-refractivity contribution in [2.24, 2.45) is 0 Å². The van der Waals surface area contributed by atoms with Crippen LogP contribution in [0.4, 0.5) is 5.69 Å². The summed E-state index contributed by atoms with van der Waals surface area (Å²) in [6.07, 6.45) is 1.38. The highest BCUT2D eigenvalue weighted by Crippen LogP contribution is 2.29. The van der Waals surface area contributed by atoms with Gasteiger partial charge in [0.05, 0.1) is 0 Å². The summed E-state index contributed by atoms with van der Waals surface area (Å²) in [5.74, 6) is 0.907. The van der Waals surface area contributed by atoms with E-state index in [0.29, 0.717) is 23.7 Å². The van der Waals surface area contributed by atoms with Crippen molar-refractivity contribution in [3.63, 3.8) is 0 Å². The van der Waals surface area contributed by atoms with Gasteiger partial charge in [-0.05, 0) is 61.4 Å². The molecule has 1 aliphatic rings. The molecule has 3 aromatic rings. The Bertz CT molecular complexity index is 1010. The molecule has 4 rings (SSSR count). The Labute approximate surface area is 161 Å². The molecule has 2 heterocycles. The van der Waals surface area contributed by atoms with Crippen LogP contribution in [0.15, 0.2) is 53.3 Å². The van der Waals surface area contributed by atoms with Crippen LogP contribution in [0, 0.1) is 0 Å². The third-order valence-electron chi connectivity index (χ3n) is 4.78. The number of hydrogen-bond acceptors (Lipinski definition) is 6. The summed E-state index contributed by atoms with van der Waals surface area (Å²) >= 11 is 0. The maximum atomic E-state index is 12.8. The first-order valence-electron chi connectivity index (χ1n) is 9.01. The molecule has 2 aromatic carbocycles. The lowest BCUT2D eigenvalue weighted by Gasteiger charge is -2.16. The summed E-state index contributed by atoms with van der Waals surface area (Å²) in [4.78, 5) is 26.2. The second kappa shape index (κ2) is 7.26. The number of aromatic nitrogens is 2. The van der Waals surface area contributed by atoms with Gasteiger partial charge in [0.25, 0.3) is 0 Å². The number of ketones is 1. The van der Waals surface area contributed by atoms with Crippen molar-refractivity contribution < 1.29 is 18.7 Å². The van der Waals surface area contributed by atoms with E-state index < -0.39 is 6.10 Å². The molecule has 1 aliphatic heterocycles. The number of Topliss-reactive ketones (excluding diaryl/α,β-unsaturated/α-hetero) is 1. The Morgan fingerprint density at radius 3 is 2.64 bits per heavy atom. The largest absolute Gasteiger partial charge is 0.483 e. The van der Waals surface area contributed by atoms with E-state index in [0.717, 1.165) is 23.2 Å². The SMILES string of the molecule is CC(=O)N1CCc2cc(C(=O)C(C)Oc3ccc(-c4nnco4)cc3)ccc21. The van der Waals surface area contributed by atoms with Crippen LogP contribution in [-0.2, 0) is 11.2 Å². The lowest BCUT2D eigenvalue weighted by molar-refractivity contribution is -0.116. The van der Waals surface area contributed by atoms with E-state index in [9.17, 15) is 9.59 Å². The molecule has 1 amide bonds. The fourth-order valence-electron chi connectivity index (χ4n) is 3.35. The average Bonchev–Trinajstić information content (AvgIpc) is 3.37. The highest BCUT2D eigenvalue weighted by atomic mass is 16.5. The Morgan fingerprint density at radius 1 is 1.18 bits per heavy atom. The van der Waals surface area contributed by atoms with Crippen molar-refractivity contribution >= 4 is 17.4 Å². The van der Waals surface area contributed by atoms with Gasteiger partial charge in [-0.1, -0.05) is 0 Å². The smallest absolute Gasteiger partial charge is 0.247 e. The lowest BCUT2D eigenvalue weighted by atomic mass is 10.0. The molecule has 0 aliphatic carbocycles. The average molecular weight is 377 g/mol. The standard InChI is InChI=1S/C21H19N3O4/c1-13(28-18-6-3-15(4-7-18)21-23-22-12-27-21)20(26)17-5-8-19-16(11-17)9-10-24(19)14(2)25/h3-8,11-13H,9-10H2,1-2H3. The Hall–Kier alpha value is -3.48. The number of benzene rings is 2.